The third-order valence-corrected chi connectivity index (χ3v) is 2.79. The summed E-state index contributed by atoms with van der Waals surface area (Å²) in [4.78, 5) is 4.26. The van der Waals surface area contributed by atoms with Crippen LogP contribution in [0, 0.1) is 0 Å². The second-order valence-electron chi connectivity index (χ2n) is 4.26. The summed E-state index contributed by atoms with van der Waals surface area (Å²) in [6, 6.07) is 7.89. The highest BCUT2D eigenvalue weighted by molar-refractivity contribution is 5.60. The molecule has 1 N–H and O–H groups in total. The molecule has 19 heavy (non-hydrogen) atoms. The van der Waals surface area contributed by atoms with Crippen molar-refractivity contribution in [2.75, 3.05) is 13.2 Å². The first kappa shape index (κ1) is 13.6. The van der Waals surface area contributed by atoms with E-state index in [1.54, 1.807) is 0 Å². The zero-order chi connectivity index (χ0) is 13.5. The van der Waals surface area contributed by atoms with Crippen LogP contribution in [0.15, 0.2) is 35.1 Å². The first-order valence-corrected chi connectivity index (χ1v) is 6.71. The number of nitrogens with one attached hydrogen (secondary N) is 1. The van der Waals surface area contributed by atoms with Crippen molar-refractivity contribution in [2.45, 2.75) is 26.8 Å². The number of oxazole rings is 1. The van der Waals surface area contributed by atoms with Crippen LogP contribution in [-0.2, 0) is 6.54 Å². The van der Waals surface area contributed by atoms with Gasteiger partial charge in [0.1, 0.15) is 11.4 Å². The molecule has 0 fully saturated rings. The Kier molecular flexibility index (Phi) is 4.98. The Morgan fingerprint density at radius 1 is 1.21 bits per heavy atom. The molecule has 1 heterocycles. The standard InChI is InChI=1S/C15H20N2O2/c1-3-9-16-10-14-15(19-11-17-14)12-5-7-13(8-6-12)18-4-2/h5-8,11,16H,3-4,9-10H2,1-2H3. The Bertz CT molecular complexity index is 491. The van der Waals surface area contributed by atoms with Crippen LogP contribution in [0.2, 0.25) is 0 Å². The van der Waals surface area contributed by atoms with E-state index in [1.165, 1.54) is 6.39 Å². The summed E-state index contributed by atoms with van der Waals surface area (Å²) >= 11 is 0. The molecule has 4 heteroatoms. The van der Waals surface area contributed by atoms with Crippen molar-refractivity contribution in [3.8, 4) is 17.1 Å². The van der Waals surface area contributed by atoms with Crippen molar-refractivity contribution in [1.29, 1.82) is 0 Å². The summed E-state index contributed by atoms with van der Waals surface area (Å²) in [5, 5.41) is 3.33. The van der Waals surface area contributed by atoms with Gasteiger partial charge >= 0.3 is 0 Å². The van der Waals surface area contributed by atoms with Crippen molar-refractivity contribution in [3.05, 3.63) is 36.4 Å². The molecule has 0 saturated carbocycles. The normalized spacial score (nSPS) is 10.6. The molecule has 102 valence electrons. The number of ether oxygens (including phenoxy) is 1. The van der Waals surface area contributed by atoms with Crippen LogP contribution in [0.1, 0.15) is 26.0 Å². The quantitative estimate of drug-likeness (QED) is 0.776. The Morgan fingerprint density at radius 3 is 2.68 bits per heavy atom. The molecule has 0 atom stereocenters. The molecule has 4 nitrogen and oxygen atoms in total. The topological polar surface area (TPSA) is 47.3 Å². The van der Waals surface area contributed by atoms with Crippen molar-refractivity contribution < 1.29 is 9.15 Å². The lowest BCUT2D eigenvalue weighted by Crippen LogP contribution is -2.14. The van der Waals surface area contributed by atoms with E-state index in [2.05, 4.69) is 17.2 Å². The van der Waals surface area contributed by atoms with Crippen LogP contribution in [0.4, 0.5) is 0 Å². The average molecular weight is 260 g/mol. The molecule has 1 aromatic heterocycles. The zero-order valence-corrected chi connectivity index (χ0v) is 11.5. The lowest BCUT2D eigenvalue weighted by molar-refractivity contribution is 0.340. The predicted molar refractivity (Wildman–Crippen MR) is 75.1 cm³/mol. The molecule has 1 aromatic carbocycles. The molecule has 0 amide bonds. The number of aromatic nitrogens is 1. The van der Waals surface area contributed by atoms with Gasteiger partial charge in [0.05, 0.1) is 6.61 Å². The highest BCUT2D eigenvalue weighted by Crippen LogP contribution is 2.25. The third kappa shape index (κ3) is 3.58. The van der Waals surface area contributed by atoms with Crippen LogP contribution in [0.3, 0.4) is 0 Å². The van der Waals surface area contributed by atoms with E-state index in [9.17, 15) is 0 Å². The van der Waals surface area contributed by atoms with Gasteiger partial charge in [-0.2, -0.15) is 0 Å². The van der Waals surface area contributed by atoms with E-state index >= 15 is 0 Å². The smallest absolute Gasteiger partial charge is 0.181 e. The van der Waals surface area contributed by atoms with Gasteiger partial charge in [-0.15, -0.1) is 0 Å². The average Bonchev–Trinajstić information content (AvgIpc) is 2.89. The maximum absolute atomic E-state index is 5.49. The van der Waals surface area contributed by atoms with Crippen LogP contribution in [0.5, 0.6) is 5.75 Å². The van der Waals surface area contributed by atoms with Gasteiger partial charge < -0.3 is 14.5 Å². The third-order valence-electron chi connectivity index (χ3n) is 2.79. The molecule has 0 spiro atoms. The minimum atomic E-state index is 0.674. The van der Waals surface area contributed by atoms with Gasteiger partial charge in [-0.3, -0.25) is 0 Å². The van der Waals surface area contributed by atoms with E-state index in [0.29, 0.717) is 6.61 Å². The number of rotatable bonds is 7. The Morgan fingerprint density at radius 2 is 2.00 bits per heavy atom. The minimum Gasteiger partial charge on any atom is -0.494 e. The van der Waals surface area contributed by atoms with Gasteiger partial charge in [0, 0.05) is 12.1 Å². The number of benzene rings is 1. The molecule has 0 unspecified atom stereocenters. The van der Waals surface area contributed by atoms with Gasteiger partial charge in [-0.05, 0) is 44.2 Å². The van der Waals surface area contributed by atoms with Crippen LogP contribution in [-0.4, -0.2) is 18.1 Å². The molecule has 0 aliphatic rings. The van der Waals surface area contributed by atoms with Gasteiger partial charge in [0.2, 0.25) is 0 Å². The van der Waals surface area contributed by atoms with E-state index in [4.69, 9.17) is 9.15 Å². The fourth-order valence-corrected chi connectivity index (χ4v) is 1.88. The molecule has 0 aliphatic heterocycles. The monoisotopic (exact) mass is 260 g/mol. The fourth-order valence-electron chi connectivity index (χ4n) is 1.88. The van der Waals surface area contributed by atoms with E-state index in [-0.39, 0.29) is 0 Å². The van der Waals surface area contributed by atoms with Crippen LogP contribution >= 0.6 is 0 Å². The lowest BCUT2D eigenvalue weighted by atomic mass is 10.1. The summed E-state index contributed by atoms with van der Waals surface area (Å²) in [5.41, 5.74) is 1.96. The van der Waals surface area contributed by atoms with Crippen LogP contribution in [0.25, 0.3) is 11.3 Å². The minimum absolute atomic E-state index is 0.674. The maximum atomic E-state index is 5.49. The first-order chi connectivity index (χ1) is 9.35. The van der Waals surface area contributed by atoms with Gasteiger partial charge in [0.25, 0.3) is 0 Å². The van der Waals surface area contributed by atoms with Crippen molar-refractivity contribution in [2.24, 2.45) is 0 Å². The zero-order valence-electron chi connectivity index (χ0n) is 11.5. The first-order valence-electron chi connectivity index (χ1n) is 6.71. The largest absolute Gasteiger partial charge is 0.494 e. The Hall–Kier alpha value is -1.81. The van der Waals surface area contributed by atoms with Gasteiger partial charge in [0.15, 0.2) is 12.2 Å². The molecule has 2 aromatic rings. The van der Waals surface area contributed by atoms with Crippen molar-refractivity contribution in [1.82, 2.24) is 10.3 Å². The Balaban J connectivity index is 2.10. The SMILES string of the molecule is CCCNCc1ncoc1-c1ccc(OCC)cc1. The second kappa shape index (κ2) is 6.95. The van der Waals surface area contributed by atoms with Crippen molar-refractivity contribution in [3.63, 3.8) is 0 Å². The molecule has 0 bridgehead atoms. The Labute approximate surface area is 113 Å². The fraction of sp³-hybridized carbons (Fsp3) is 0.400. The number of hydrogen-bond donors (Lipinski definition) is 1. The number of hydrogen-bond acceptors (Lipinski definition) is 4. The van der Waals surface area contributed by atoms with Gasteiger partial charge in [-0.25, -0.2) is 4.98 Å². The summed E-state index contributed by atoms with van der Waals surface area (Å²) in [6.07, 6.45) is 2.60. The predicted octanol–water partition coefficient (Wildman–Crippen LogP) is 3.24. The molecule has 0 saturated heterocycles. The highest BCUT2D eigenvalue weighted by atomic mass is 16.5. The summed E-state index contributed by atoms with van der Waals surface area (Å²) in [6.45, 7) is 6.50. The summed E-state index contributed by atoms with van der Waals surface area (Å²) in [5.74, 6) is 1.70. The lowest BCUT2D eigenvalue weighted by Gasteiger charge is -2.05. The molecule has 0 radical (unpaired) electrons. The molecular weight excluding hydrogens is 240 g/mol. The molecule has 0 aliphatic carbocycles. The van der Waals surface area contributed by atoms with Crippen LogP contribution < -0.4 is 10.1 Å². The highest BCUT2D eigenvalue weighted by Gasteiger charge is 2.10. The summed E-state index contributed by atoms with van der Waals surface area (Å²) < 4.78 is 10.9. The van der Waals surface area contributed by atoms with E-state index in [1.807, 2.05) is 31.2 Å². The molecular formula is C15H20N2O2. The maximum Gasteiger partial charge on any atom is 0.181 e. The van der Waals surface area contributed by atoms with E-state index in [0.717, 1.165) is 42.3 Å². The summed E-state index contributed by atoms with van der Waals surface area (Å²) in [7, 11) is 0. The second-order valence-corrected chi connectivity index (χ2v) is 4.26. The van der Waals surface area contributed by atoms with E-state index < -0.39 is 0 Å². The molecule has 2 rings (SSSR count). The van der Waals surface area contributed by atoms with Gasteiger partial charge in [-0.1, -0.05) is 6.92 Å². The number of nitrogens with zero attached hydrogens (tertiary/aromatic N) is 1. The van der Waals surface area contributed by atoms with Crippen molar-refractivity contribution >= 4 is 0 Å².